The highest BCUT2D eigenvalue weighted by molar-refractivity contribution is 6.04. The van der Waals surface area contributed by atoms with Gasteiger partial charge in [-0.25, -0.2) is 4.98 Å². The number of nitriles is 1. The number of carbonyl (C=O) groups is 1. The predicted octanol–water partition coefficient (Wildman–Crippen LogP) is 3.29. The first-order valence-corrected chi connectivity index (χ1v) is 11.0. The fourth-order valence-corrected chi connectivity index (χ4v) is 4.22. The van der Waals surface area contributed by atoms with Gasteiger partial charge in [0.25, 0.3) is 11.5 Å². The summed E-state index contributed by atoms with van der Waals surface area (Å²) in [6, 6.07) is 4.65. The molecule has 3 aromatic heterocycles. The summed E-state index contributed by atoms with van der Waals surface area (Å²) >= 11 is 0. The molecule has 1 amide bonds. The lowest BCUT2D eigenvalue weighted by Gasteiger charge is -2.26. The average Bonchev–Trinajstić information content (AvgIpc) is 3.54. The van der Waals surface area contributed by atoms with Crippen LogP contribution in [0.2, 0.25) is 0 Å². The number of hydrogen-bond acceptors (Lipinski definition) is 8. The Bertz CT molecular complexity index is 1600. The third-order valence-corrected chi connectivity index (χ3v) is 6.03. The van der Waals surface area contributed by atoms with Crippen LogP contribution in [0.5, 0.6) is 5.75 Å². The van der Waals surface area contributed by atoms with Gasteiger partial charge in [0, 0.05) is 32.1 Å². The fourth-order valence-electron chi connectivity index (χ4n) is 4.22. The van der Waals surface area contributed by atoms with E-state index in [0.29, 0.717) is 5.56 Å². The zero-order chi connectivity index (χ0) is 27.8. The van der Waals surface area contributed by atoms with Crippen LogP contribution in [-0.4, -0.2) is 35.5 Å². The number of carbonyl (C=O) groups excluding carboxylic acids is 1. The van der Waals surface area contributed by atoms with Crippen molar-refractivity contribution in [3.63, 3.8) is 0 Å². The minimum atomic E-state index is -4.66. The first-order chi connectivity index (χ1) is 17.9. The molecule has 0 fully saturated rings. The summed E-state index contributed by atoms with van der Waals surface area (Å²) in [7, 11) is 2.98. The SMILES string of the molecule is C[C@@H](c1nc(C(=O)Nc2cnoc2)c(O)c(=O)n1C)[C@H](c1cnn(C)c1)c1ccc(C(F)(F)F)cc1C#N. The molecule has 0 radical (unpaired) electrons. The minimum Gasteiger partial charge on any atom is -0.501 e. The first kappa shape index (κ1) is 26.1. The van der Waals surface area contributed by atoms with E-state index in [9.17, 15) is 33.1 Å². The lowest BCUT2D eigenvalue weighted by Crippen LogP contribution is -2.29. The number of amides is 1. The molecule has 0 aliphatic rings. The van der Waals surface area contributed by atoms with Crippen molar-refractivity contribution >= 4 is 11.6 Å². The standard InChI is InChI=1S/C24H20F3N7O4/c1-12(21-32-19(20(35)23(37)34(21)3)22(36)31-16-9-30-38-11-16)18(14-8-29-33(2)10-14)17-5-4-15(24(25,26)27)6-13(17)7-28/h4-6,8-12,18,35H,1-3H3,(H,31,36)/t12-,18-/m1/s1. The van der Waals surface area contributed by atoms with Gasteiger partial charge in [-0.2, -0.15) is 23.5 Å². The highest BCUT2D eigenvalue weighted by atomic mass is 19.4. The molecule has 0 unspecified atom stereocenters. The van der Waals surface area contributed by atoms with E-state index in [1.165, 1.54) is 30.2 Å². The molecule has 14 heteroatoms. The monoisotopic (exact) mass is 527 g/mol. The topological polar surface area (TPSA) is 152 Å². The smallest absolute Gasteiger partial charge is 0.416 e. The summed E-state index contributed by atoms with van der Waals surface area (Å²) in [5.74, 6) is -3.38. The van der Waals surface area contributed by atoms with Crippen LogP contribution in [0.4, 0.5) is 18.9 Å². The molecule has 3 heterocycles. The van der Waals surface area contributed by atoms with Gasteiger partial charge in [0.05, 0.1) is 29.6 Å². The molecule has 0 saturated carbocycles. The number of benzene rings is 1. The molecule has 0 aliphatic carbocycles. The van der Waals surface area contributed by atoms with Gasteiger partial charge in [0.2, 0.25) is 5.75 Å². The van der Waals surface area contributed by atoms with Crippen molar-refractivity contribution in [1.82, 2.24) is 24.5 Å². The summed E-state index contributed by atoms with van der Waals surface area (Å²) < 4.78 is 47.2. The Morgan fingerprint density at radius 1 is 1.26 bits per heavy atom. The zero-order valence-electron chi connectivity index (χ0n) is 20.2. The van der Waals surface area contributed by atoms with E-state index in [-0.39, 0.29) is 22.6 Å². The van der Waals surface area contributed by atoms with Gasteiger partial charge in [-0.15, -0.1) is 0 Å². The maximum absolute atomic E-state index is 13.3. The van der Waals surface area contributed by atoms with Crippen molar-refractivity contribution in [2.24, 2.45) is 14.1 Å². The Kier molecular flexibility index (Phi) is 6.77. The van der Waals surface area contributed by atoms with Crippen LogP contribution in [0.3, 0.4) is 0 Å². The highest BCUT2D eigenvalue weighted by Gasteiger charge is 2.35. The Morgan fingerprint density at radius 3 is 2.58 bits per heavy atom. The van der Waals surface area contributed by atoms with Crippen molar-refractivity contribution in [3.05, 3.63) is 87.2 Å². The number of anilines is 1. The van der Waals surface area contributed by atoms with Gasteiger partial charge in [0.15, 0.2) is 5.69 Å². The molecule has 0 spiro atoms. The van der Waals surface area contributed by atoms with E-state index in [0.717, 1.165) is 23.0 Å². The van der Waals surface area contributed by atoms with Crippen LogP contribution in [0, 0.1) is 11.3 Å². The molecule has 4 aromatic rings. The van der Waals surface area contributed by atoms with Crippen molar-refractivity contribution < 1.29 is 27.6 Å². The molecular formula is C24H20F3N7O4. The van der Waals surface area contributed by atoms with E-state index >= 15 is 0 Å². The third kappa shape index (κ3) is 4.85. The molecule has 0 aliphatic heterocycles. The number of nitrogens with one attached hydrogen (secondary N) is 1. The number of rotatable bonds is 6. The van der Waals surface area contributed by atoms with Crippen LogP contribution in [0.15, 0.2) is 52.4 Å². The Morgan fingerprint density at radius 2 is 2.00 bits per heavy atom. The minimum absolute atomic E-state index is 0.0286. The lowest BCUT2D eigenvalue weighted by molar-refractivity contribution is -0.137. The molecule has 2 atom stereocenters. The molecule has 196 valence electrons. The van der Waals surface area contributed by atoms with Crippen molar-refractivity contribution in [2.75, 3.05) is 5.32 Å². The van der Waals surface area contributed by atoms with Gasteiger partial charge in [-0.1, -0.05) is 18.1 Å². The fraction of sp³-hybridized carbons (Fsp3) is 0.250. The molecule has 2 N–H and O–H groups in total. The van der Waals surface area contributed by atoms with Crippen molar-refractivity contribution in [1.29, 1.82) is 5.26 Å². The lowest BCUT2D eigenvalue weighted by atomic mass is 9.80. The highest BCUT2D eigenvalue weighted by Crippen LogP contribution is 2.40. The van der Waals surface area contributed by atoms with Crippen molar-refractivity contribution in [2.45, 2.75) is 24.9 Å². The van der Waals surface area contributed by atoms with Gasteiger partial charge in [0.1, 0.15) is 17.8 Å². The summed E-state index contributed by atoms with van der Waals surface area (Å²) in [4.78, 5) is 29.9. The summed E-state index contributed by atoms with van der Waals surface area (Å²) in [5, 5.41) is 30.1. The van der Waals surface area contributed by atoms with Gasteiger partial charge in [-0.3, -0.25) is 18.8 Å². The molecule has 0 saturated heterocycles. The molecule has 38 heavy (non-hydrogen) atoms. The second kappa shape index (κ2) is 9.85. The number of nitrogens with zero attached hydrogens (tertiary/aromatic N) is 6. The first-order valence-electron chi connectivity index (χ1n) is 11.0. The summed E-state index contributed by atoms with van der Waals surface area (Å²) in [6.45, 7) is 1.64. The number of halogens is 3. The largest absolute Gasteiger partial charge is 0.501 e. The number of hydrogen-bond donors (Lipinski definition) is 2. The predicted molar refractivity (Wildman–Crippen MR) is 125 cm³/mol. The van der Waals surface area contributed by atoms with Gasteiger partial charge in [-0.05, 0) is 23.3 Å². The molecule has 0 bridgehead atoms. The van der Waals surface area contributed by atoms with E-state index < -0.39 is 46.5 Å². The van der Waals surface area contributed by atoms with Crippen LogP contribution < -0.4 is 10.9 Å². The molecule has 1 aromatic carbocycles. The van der Waals surface area contributed by atoms with Crippen LogP contribution in [0.25, 0.3) is 0 Å². The number of aromatic hydroxyl groups is 1. The van der Waals surface area contributed by atoms with E-state index in [1.807, 2.05) is 6.07 Å². The maximum Gasteiger partial charge on any atom is 0.416 e. The second-order valence-electron chi connectivity index (χ2n) is 8.52. The van der Waals surface area contributed by atoms with Crippen LogP contribution in [-0.2, 0) is 20.3 Å². The Hall–Kier alpha value is -4.93. The summed E-state index contributed by atoms with van der Waals surface area (Å²) in [6.07, 6.45) is 0.781. The third-order valence-electron chi connectivity index (χ3n) is 6.03. The molecule has 4 rings (SSSR count). The van der Waals surface area contributed by atoms with Crippen LogP contribution >= 0.6 is 0 Å². The average molecular weight is 527 g/mol. The maximum atomic E-state index is 13.3. The van der Waals surface area contributed by atoms with Gasteiger partial charge < -0.3 is 14.9 Å². The van der Waals surface area contributed by atoms with E-state index in [4.69, 9.17) is 0 Å². The zero-order valence-corrected chi connectivity index (χ0v) is 20.2. The Balaban J connectivity index is 1.87. The van der Waals surface area contributed by atoms with E-state index in [1.54, 1.807) is 20.2 Å². The van der Waals surface area contributed by atoms with Crippen LogP contribution in [0.1, 0.15) is 57.3 Å². The number of alkyl halides is 3. The van der Waals surface area contributed by atoms with Crippen molar-refractivity contribution in [3.8, 4) is 11.8 Å². The quantitative estimate of drug-likeness (QED) is 0.388. The number of aryl methyl sites for hydroxylation is 1. The molecule has 11 nitrogen and oxygen atoms in total. The van der Waals surface area contributed by atoms with Gasteiger partial charge >= 0.3 is 6.18 Å². The second-order valence-corrected chi connectivity index (χ2v) is 8.52. The normalized spacial score (nSPS) is 13.1. The van der Waals surface area contributed by atoms with E-state index in [2.05, 4.69) is 25.1 Å². The Labute approximate surface area is 212 Å². The summed E-state index contributed by atoms with van der Waals surface area (Å²) in [5.41, 5.74) is -1.80. The molecular weight excluding hydrogens is 507 g/mol. The number of aromatic nitrogens is 5.